The highest BCUT2D eigenvalue weighted by atomic mass is 32.1. The maximum Gasteiger partial charge on any atom is 0.257 e. The molecule has 0 amide bonds. The minimum absolute atomic E-state index is 0.0994. The lowest BCUT2D eigenvalue weighted by atomic mass is 10.1. The third kappa shape index (κ3) is 2.62. The number of rotatable bonds is 3. The molecule has 0 aromatic carbocycles. The van der Waals surface area contributed by atoms with Crippen LogP contribution in [0.25, 0.3) is 0 Å². The number of aromatic amines is 1. The smallest absolute Gasteiger partial charge is 0.257 e. The van der Waals surface area contributed by atoms with Gasteiger partial charge < -0.3 is 5.73 Å². The van der Waals surface area contributed by atoms with Gasteiger partial charge in [-0.2, -0.15) is 0 Å². The first-order chi connectivity index (χ1) is 9.65. The zero-order chi connectivity index (χ0) is 14.1. The molecule has 2 aromatic heterocycles. The van der Waals surface area contributed by atoms with Crippen molar-refractivity contribution in [2.24, 2.45) is 0 Å². The van der Waals surface area contributed by atoms with E-state index < -0.39 is 0 Å². The summed E-state index contributed by atoms with van der Waals surface area (Å²) in [5.74, 6) is 0.216. The van der Waals surface area contributed by atoms with E-state index in [9.17, 15) is 4.79 Å². The Labute approximate surface area is 121 Å². The van der Waals surface area contributed by atoms with Crippen LogP contribution in [0.4, 0.5) is 5.95 Å². The number of aromatic nitrogens is 2. The number of nitrogens with zero attached hydrogens (tertiary/aromatic N) is 2. The van der Waals surface area contributed by atoms with E-state index in [0.29, 0.717) is 6.54 Å². The Balaban J connectivity index is 1.77. The summed E-state index contributed by atoms with van der Waals surface area (Å²) >= 11 is 1.85. The van der Waals surface area contributed by atoms with Crippen molar-refractivity contribution in [3.8, 4) is 0 Å². The first kappa shape index (κ1) is 13.3. The van der Waals surface area contributed by atoms with E-state index >= 15 is 0 Å². The number of thiophene rings is 1. The number of anilines is 1. The minimum Gasteiger partial charge on any atom is -0.369 e. The maximum absolute atomic E-state index is 11.9. The van der Waals surface area contributed by atoms with Crippen LogP contribution in [0, 0.1) is 0 Å². The average molecular weight is 290 g/mol. The number of nitrogens with one attached hydrogen (secondary N) is 1. The van der Waals surface area contributed by atoms with Crippen LogP contribution in [0.3, 0.4) is 0 Å². The van der Waals surface area contributed by atoms with Crippen molar-refractivity contribution >= 4 is 17.3 Å². The average Bonchev–Trinajstić information content (AvgIpc) is 2.87. The van der Waals surface area contributed by atoms with E-state index in [-0.39, 0.29) is 11.5 Å². The third-order valence-corrected chi connectivity index (χ3v) is 4.83. The molecule has 0 atom stereocenters. The summed E-state index contributed by atoms with van der Waals surface area (Å²) < 4.78 is 0. The van der Waals surface area contributed by atoms with E-state index in [0.717, 1.165) is 37.2 Å². The van der Waals surface area contributed by atoms with Crippen molar-refractivity contribution in [2.75, 3.05) is 12.3 Å². The second-order valence-electron chi connectivity index (χ2n) is 5.06. The molecule has 3 heterocycles. The summed E-state index contributed by atoms with van der Waals surface area (Å²) in [6.45, 7) is 4.63. The second-order valence-corrected chi connectivity index (χ2v) is 6.31. The van der Waals surface area contributed by atoms with Crippen molar-refractivity contribution in [3.63, 3.8) is 0 Å². The molecule has 3 N–H and O–H groups in total. The number of H-pyrrole nitrogens is 1. The van der Waals surface area contributed by atoms with Gasteiger partial charge in [0.05, 0.1) is 11.3 Å². The van der Waals surface area contributed by atoms with Crippen molar-refractivity contribution in [2.45, 2.75) is 32.9 Å². The van der Waals surface area contributed by atoms with Crippen molar-refractivity contribution in [1.82, 2.24) is 14.9 Å². The Morgan fingerprint density at radius 1 is 1.45 bits per heavy atom. The van der Waals surface area contributed by atoms with Gasteiger partial charge in [-0.3, -0.25) is 14.7 Å². The van der Waals surface area contributed by atoms with Gasteiger partial charge in [-0.1, -0.05) is 6.92 Å². The van der Waals surface area contributed by atoms with Crippen LogP contribution in [0.15, 0.2) is 16.9 Å². The molecule has 0 aliphatic carbocycles. The van der Waals surface area contributed by atoms with Gasteiger partial charge in [0.25, 0.3) is 5.56 Å². The standard InChI is InChI=1S/C14H18N4OS/c1-2-9-3-4-10(20-9)7-18-6-5-12-11(8-18)13(19)17-14(15)16-12/h3-4H,2,5-8H2,1H3,(H3,15,16,17,19). The Hall–Kier alpha value is -1.66. The topological polar surface area (TPSA) is 75.0 Å². The lowest BCUT2D eigenvalue weighted by Gasteiger charge is -2.26. The molecule has 5 nitrogen and oxygen atoms in total. The molecule has 0 radical (unpaired) electrons. The molecule has 0 unspecified atom stereocenters. The summed E-state index contributed by atoms with van der Waals surface area (Å²) in [4.78, 5) is 23.8. The van der Waals surface area contributed by atoms with Crippen LogP contribution in [0.5, 0.6) is 0 Å². The first-order valence-electron chi connectivity index (χ1n) is 6.83. The fourth-order valence-electron chi connectivity index (χ4n) is 2.55. The lowest BCUT2D eigenvalue weighted by molar-refractivity contribution is 0.244. The molecule has 6 heteroatoms. The third-order valence-electron chi connectivity index (χ3n) is 3.61. The largest absolute Gasteiger partial charge is 0.369 e. The number of hydrogen-bond donors (Lipinski definition) is 2. The van der Waals surface area contributed by atoms with Crippen LogP contribution in [0.1, 0.15) is 27.9 Å². The fourth-order valence-corrected chi connectivity index (χ4v) is 3.55. The van der Waals surface area contributed by atoms with Crippen LogP contribution >= 0.6 is 11.3 Å². The SMILES string of the molecule is CCc1ccc(CN2CCc3nc(N)[nH]c(=O)c3C2)s1. The van der Waals surface area contributed by atoms with E-state index in [4.69, 9.17) is 5.73 Å². The van der Waals surface area contributed by atoms with E-state index in [1.807, 2.05) is 11.3 Å². The maximum atomic E-state index is 11.9. The Morgan fingerprint density at radius 3 is 3.00 bits per heavy atom. The van der Waals surface area contributed by atoms with E-state index in [2.05, 4.69) is 33.9 Å². The molecule has 20 heavy (non-hydrogen) atoms. The van der Waals surface area contributed by atoms with Crippen LogP contribution in [-0.4, -0.2) is 21.4 Å². The predicted octanol–water partition coefficient (Wildman–Crippen LogP) is 1.53. The quantitative estimate of drug-likeness (QED) is 0.899. The van der Waals surface area contributed by atoms with Crippen LogP contribution in [0.2, 0.25) is 0 Å². The molecule has 0 saturated carbocycles. The minimum atomic E-state index is -0.0994. The molecule has 0 saturated heterocycles. The highest BCUT2D eigenvalue weighted by Crippen LogP contribution is 2.22. The van der Waals surface area contributed by atoms with Gasteiger partial charge in [0.1, 0.15) is 0 Å². The predicted molar refractivity (Wildman–Crippen MR) is 80.8 cm³/mol. The van der Waals surface area contributed by atoms with Gasteiger partial charge in [-0.25, -0.2) is 4.98 Å². The Morgan fingerprint density at radius 2 is 2.25 bits per heavy atom. The molecular formula is C14H18N4OS. The molecule has 1 aliphatic rings. The Bertz CT molecular complexity index is 676. The highest BCUT2D eigenvalue weighted by Gasteiger charge is 2.21. The molecule has 0 spiro atoms. The number of nitrogens with two attached hydrogens (primary N) is 1. The van der Waals surface area contributed by atoms with Crippen molar-refractivity contribution in [3.05, 3.63) is 43.5 Å². The monoisotopic (exact) mass is 290 g/mol. The molecule has 3 rings (SSSR count). The lowest BCUT2D eigenvalue weighted by Crippen LogP contribution is -2.35. The van der Waals surface area contributed by atoms with Gasteiger partial charge in [-0.15, -0.1) is 11.3 Å². The normalized spacial score (nSPS) is 15.2. The number of aryl methyl sites for hydroxylation is 1. The highest BCUT2D eigenvalue weighted by molar-refractivity contribution is 7.11. The van der Waals surface area contributed by atoms with Gasteiger partial charge in [0, 0.05) is 35.8 Å². The Kier molecular flexibility index (Phi) is 3.58. The zero-order valence-electron chi connectivity index (χ0n) is 11.5. The number of hydrogen-bond acceptors (Lipinski definition) is 5. The molecule has 0 bridgehead atoms. The summed E-state index contributed by atoms with van der Waals surface area (Å²) in [5, 5.41) is 0. The molecule has 106 valence electrons. The summed E-state index contributed by atoms with van der Waals surface area (Å²) in [6, 6.07) is 4.37. The zero-order valence-corrected chi connectivity index (χ0v) is 12.3. The van der Waals surface area contributed by atoms with Crippen molar-refractivity contribution in [1.29, 1.82) is 0 Å². The van der Waals surface area contributed by atoms with Gasteiger partial charge in [-0.05, 0) is 18.6 Å². The van der Waals surface area contributed by atoms with E-state index in [1.54, 1.807) is 0 Å². The molecule has 2 aromatic rings. The second kappa shape index (κ2) is 5.38. The summed E-state index contributed by atoms with van der Waals surface area (Å²) in [6.07, 6.45) is 1.87. The van der Waals surface area contributed by atoms with Crippen LogP contribution < -0.4 is 11.3 Å². The van der Waals surface area contributed by atoms with Crippen LogP contribution in [-0.2, 0) is 25.9 Å². The van der Waals surface area contributed by atoms with Gasteiger partial charge in [0.2, 0.25) is 5.95 Å². The van der Waals surface area contributed by atoms with Gasteiger partial charge in [0.15, 0.2) is 0 Å². The number of nitrogen functional groups attached to an aromatic ring is 1. The van der Waals surface area contributed by atoms with Crippen molar-refractivity contribution < 1.29 is 0 Å². The van der Waals surface area contributed by atoms with Gasteiger partial charge >= 0.3 is 0 Å². The molecular weight excluding hydrogens is 272 g/mol. The number of fused-ring (bicyclic) bond motifs is 1. The summed E-state index contributed by atoms with van der Waals surface area (Å²) in [7, 11) is 0. The van der Waals surface area contributed by atoms with E-state index in [1.165, 1.54) is 9.75 Å². The summed E-state index contributed by atoms with van der Waals surface area (Å²) in [5.41, 5.74) is 7.09. The fraction of sp³-hybridized carbons (Fsp3) is 0.429. The first-order valence-corrected chi connectivity index (χ1v) is 7.65. The molecule has 0 fully saturated rings. The molecule has 1 aliphatic heterocycles.